The summed E-state index contributed by atoms with van der Waals surface area (Å²) in [6.07, 6.45) is 30.1. The van der Waals surface area contributed by atoms with Gasteiger partial charge in [-0.1, -0.05) is 111 Å². The minimum absolute atomic E-state index is 0.118. The van der Waals surface area contributed by atoms with Crippen LogP contribution in [0.15, 0.2) is 0 Å². The summed E-state index contributed by atoms with van der Waals surface area (Å²) in [4.78, 5) is 0. The maximum atomic E-state index is 11.9. The zero-order chi connectivity index (χ0) is 25.6. The molecule has 208 valence electrons. The van der Waals surface area contributed by atoms with E-state index in [4.69, 9.17) is 0 Å². The molecule has 7 aliphatic carbocycles. The van der Waals surface area contributed by atoms with Crippen molar-refractivity contribution in [2.45, 2.75) is 181 Å². The molecule has 0 aromatic carbocycles. The van der Waals surface area contributed by atoms with Gasteiger partial charge in [0.05, 0.1) is 0 Å². The first-order valence-corrected chi connectivity index (χ1v) is 16.0. The largest absolute Gasteiger partial charge is 0.248 e. The molecule has 0 aromatic rings. The predicted octanol–water partition coefficient (Wildman–Crippen LogP) is 12.2. The van der Waals surface area contributed by atoms with Crippen molar-refractivity contribution >= 4 is 0 Å². The molecule has 0 spiro atoms. The molecule has 0 nitrogen and oxygen atoms in total. The van der Waals surface area contributed by atoms with Gasteiger partial charge in [-0.05, 0) is 80.5 Å². The molecule has 0 bridgehead atoms. The van der Waals surface area contributed by atoms with Gasteiger partial charge in [0.1, 0.15) is 0 Å². The van der Waals surface area contributed by atoms with Crippen molar-refractivity contribution in [3.63, 3.8) is 0 Å². The van der Waals surface area contributed by atoms with Gasteiger partial charge in [-0.3, -0.25) is 0 Å². The van der Waals surface area contributed by atoms with Crippen LogP contribution < -0.4 is 0 Å². The molecule has 0 aromatic heterocycles. The maximum absolute atomic E-state index is 11.9. The van der Waals surface area contributed by atoms with Gasteiger partial charge in [-0.2, -0.15) is 0 Å². The topological polar surface area (TPSA) is 0 Å². The number of alkyl halides is 2. The Morgan fingerprint density at radius 2 is 0.743 bits per heavy atom. The standard InChI is InChI=1S/C8H16.C6H10.C5H8F2.2C5H10.C4H8/c1-8(2)6-4-3-5-7-8;1-2-5(1)6-3-4-6;6-5(7)3-1-2-4-5;1-5-3-2-4-5;1-2-4-5-3-1;1-4-2-3-4/h3-7H2,1-2H3;5-6H,1-4H2;1-4H2;5H,2-4H2,1H3;1-5H2;4H,2-3H2,1H3. The second-order valence-corrected chi connectivity index (χ2v) is 13.9. The van der Waals surface area contributed by atoms with Crippen LogP contribution in [0.25, 0.3) is 0 Å². The van der Waals surface area contributed by atoms with E-state index in [1.165, 1.54) is 108 Å². The van der Waals surface area contributed by atoms with Gasteiger partial charge in [0.15, 0.2) is 0 Å². The highest BCUT2D eigenvalue weighted by atomic mass is 19.3. The van der Waals surface area contributed by atoms with E-state index in [1.54, 1.807) is 25.7 Å². The second kappa shape index (κ2) is 16.7. The molecule has 0 amide bonds. The maximum Gasteiger partial charge on any atom is 0.248 e. The van der Waals surface area contributed by atoms with Crippen molar-refractivity contribution in [3.05, 3.63) is 0 Å². The minimum atomic E-state index is -2.31. The molecule has 7 fully saturated rings. The molecular weight excluding hydrogens is 434 g/mol. The van der Waals surface area contributed by atoms with Gasteiger partial charge < -0.3 is 0 Å². The smallest absolute Gasteiger partial charge is 0.207 e. The lowest BCUT2D eigenvalue weighted by Crippen LogP contribution is -2.14. The summed E-state index contributed by atoms with van der Waals surface area (Å²) < 4.78 is 23.9. The number of rotatable bonds is 1. The quantitative estimate of drug-likeness (QED) is 0.338. The Labute approximate surface area is 219 Å². The minimum Gasteiger partial charge on any atom is -0.207 e. The lowest BCUT2D eigenvalue weighted by molar-refractivity contribution is 0.00931. The average molecular weight is 497 g/mol. The fourth-order valence-electron chi connectivity index (χ4n) is 5.20. The first-order chi connectivity index (χ1) is 16.7. The highest BCUT2D eigenvalue weighted by Crippen LogP contribution is 2.49. The van der Waals surface area contributed by atoms with Gasteiger partial charge in [0.25, 0.3) is 0 Å². The van der Waals surface area contributed by atoms with Crippen LogP contribution in [0.3, 0.4) is 0 Å². The molecular formula is C33H62F2. The molecule has 0 radical (unpaired) electrons. The fourth-order valence-corrected chi connectivity index (χ4v) is 5.20. The Kier molecular flexibility index (Phi) is 14.8. The predicted molar refractivity (Wildman–Crippen MR) is 150 cm³/mol. The summed E-state index contributed by atoms with van der Waals surface area (Å²) in [5.41, 5.74) is 0.679. The Morgan fingerprint density at radius 1 is 0.429 bits per heavy atom. The fraction of sp³-hybridized carbons (Fsp3) is 1.00. The molecule has 0 N–H and O–H groups in total. The Balaban J connectivity index is 0.000000150. The molecule has 0 heterocycles. The van der Waals surface area contributed by atoms with Crippen molar-refractivity contribution in [2.75, 3.05) is 0 Å². The first kappa shape index (κ1) is 31.1. The van der Waals surface area contributed by atoms with Crippen molar-refractivity contribution in [1.29, 1.82) is 0 Å². The van der Waals surface area contributed by atoms with E-state index in [0.717, 1.165) is 11.8 Å². The highest BCUT2D eigenvalue weighted by molar-refractivity contribution is 4.89. The molecule has 0 aliphatic heterocycles. The summed E-state index contributed by atoms with van der Waals surface area (Å²) in [5.74, 6) is 2.27. The van der Waals surface area contributed by atoms with E-state index in [0.29, 0.717) is 18.3 Å². The van der Waals surface area contributed by atoms with Crippen molar-refractivity contribution < 1.29 is 8.78 Å². The van der Waals surface area contributed by atoms with Crippen LogP contribution >= 0.6 is 0 Å². The van der Waals surface area contributed by atoms with Crippen LogP contribution in [0.4, 0.5) is 8.78 Å². The molecule has 2 heteroatoms. The van der Waals surface area contributed by atoms with Crippen LogP contribution in [-0.4, -0.2) is 5.92 Å². The molecule has 7 aliphatic rings. The van der Waals surface area contributed by atoms with E-state index in [9.17, 15) is 8.78 Å². The zero-order valence-electron chi connectivity index (χ0n) is 24.3. The SMILES string of the molecule is C1CC1C1CC1.C1CCCC1.CC1(C)CCCCC1.CC1CC1.CC1CCC1.FC1(F)CCCC1. The average Bonchev–Trinajstić information content (AvgIpc) is 3.73. The Morgan fingerprint density at radius 3 is 0.886 bits per heavy atom. The summed E-state index contributed by atoms with van der Waals surface area (Å²) in [7, 11) is 0. The molecule has 0 unspecified atom stereocenters. The molecule has 7 saturated carbocycles. The van der Waals surface area contributed by atoms with E-state index in [-0.39, 0.29) is 12.8 Å². The van der Waals surface area contributed by atoms with Gasteiger partial charge in [-0.15, -0.1) is 0 Å². The van der Waals surface area contributed by atoms with E-state index >= 15 is 0 Å². The van der Waals surface area contributed by atoms with Crippen molar-refractivity contribution in [1.82, 2.24) is 0 Å². The van der Waals surface area contributed by atoms with Crippen LogP contribution in [0, 0.1) is 29.1 Å². The van der Waals surface area contributed by atoms with Crippen LogP contribution in [0.5, 0.6) is 0 Å². The van der Waals surface area contributed by atoms with Gasteiger partial charge in [-0.25, -0.2) is 8.78 Å². The number of halogens is 2. The van der Waals surface area contributed by atoms with Crippen molar-refractivity contribution in [2.24, 2.45) is 29.1 Å². The molecule has 7 rings (SSSR count). The third-order valence-corrected chi connectivity index (χ3v) is 8.96. The van der Waals surface area contributed by atoms with Gasteiger partial charge in [0.2, 0.25) is 5.92 Å². The number of hydrogen-bond donors (Lipinski definition) is 0. The van der Waals surface area contributed by atoms with Gasteiger partial charge >= 0.3 is 0 Å². The monoisotopic (exact) mass is 496 g/mol. The lowest BCUT2D eigenvalue weighted by atomic mass is 9.78. The summed E-state index contributed by atoms with van der Waals surface area (Å²) in [6.45, 7) is 9.35. The van der Waals surface area contributed by atoms with Gasteiger partial charge in [0, 0.05) is 12.8 Å². The Hall–Kier alpha value is -0.140. The Bertz CT molecular complexity index is 472. The van der Waals surface area contributed by atoms with E-state index in [1.807, 2.05) is 0 Å². The van der Waals surface area contributed by atoms with E-state index in [2.05, 4.69) is 27.7 Å². The third-order valence-electron chi connectivity index (χ3n) is 8.96. The number of hydrogen-bond acceptors (Lipinski definition) is 0. The van der Waals surface area contributed by atoms with Crippen LogP contribution in [0.1, 0.15) is 175 Å². The first-order valence-electron chi connectivity index (χ1n) is 16.0. The summed E-state index contributed by atoms with van der Waals surface area (Å²) >= 11 is 0. The summed E-state index contributed by atoms with van der Waals surface area (Å²) in [5, 5.41) is 0. The van der Waals surface area contributed by atoms with Crippen LogP contribution in [0.2, 0.25) is 0 Å². The second-order valence-electron chi connectivity index (χ2n) is 13.9. The van der Waals surface area contributed by atoms with E-state index < -0.39 is 5.92 Å². The lowest BCUT2D eigenvalue weighted by Gasteiger charge is -2.28. The molecule has 0 saturated heterocycles. The summed E-state index contributed by atoms with van der Waals surface area (Å²) in [6, 6.07) is 0. The normalized spacial score (nSPS) is 27.9. The van der Waals surface area contributed by atoms with Crippen LogP contribution in [-0.2, 0) is 0 Å². The zero-order valence-corrected chi connectivity index (χ0v) is 24.3. The highest BCUT2D eigenvalue weighted by Gasteiger charge is 2.37. The molecule has 35 heavy (non-hydrogen) atoms. The molecule has 0 atom stereocenters. The van der Waals surface area contributed by atoms with Crippen molar-refractivity contribution in [3.8, 4) is 0 Å². The third kappa shape index (κ3) is 18.7.